The number of rotatable bonds is 12. The zero-order valence-electron chi connectivity index (χ0n) is 78.9. The van der Waals surface area contributed by atoms with Gasteiger partial charge in [-0.15, -0.1) is 0 Å². The van der Waals surface area contributed by atoms with Crippen LogP contribution in [-0.4, -0.2) is 28.2 Å². The maximum absolute atomic E-state index is 14.1. The Morgan fingerprint density at radius 2 is 0.529 bits per heavy atom. The van der Waals surface area contributed by atoms with Crippen LogP contribution in [0.1, 0.15) is 94.6 Å². The number of para-hydroxylation sites is 3. The third-order valence-electron chi connectivity index (χ3n) is 27.6. The highest BCUT2D eigenvalue weighted by Crippen LogP contribution is 2.51. The number of alkyl halides is 6. The summed E-state index contributed by atoms with van der Waals surface area (Å²) in [7, 11) is 0. The van der Waals surface area contributed by atoms with Crippen LogP contribution in [0.4, 0.5) is 32.0 Å². The standard InChI is InChI=1S/C72H62N4.C52H32F6N4/c1-40-25-44(5)68(45(6)26-40)52-17-21-62-58(33-52)59-34-53(69-46(7)27-41(2)28-47(69)8)18-22-63(59)75(62)66-38-74-39-67(72(66)57-16-14-13-15-56(57)37-73)76-64-23-19-54(70-48(9)29-42(3)30-49(70)10)35-60(64)61-36-55(20-24-65(61)76)71-50(11)31-43(4)32-51(71)12;1-30-20-34(24-36(22-30)51(53,54)55)32-16-18-40-38-10-5-8-14-44(38)61(46(40)26-32)48-28-60-29-49(50(48)42-12-4-7-13-43(42)59-3)62-45-15-9-6-11-39(45)41-19-17-33(27-47(41)62)35-21-31(2)23-37(25-35)52(56,57)58/h13-36,38-39H,1-12H3;4-29H,1-2H3. The minimum Gasteiger partial charge on any atom is -0.307 e. The molecule has 0 amide bonds. The molecule has 0 aliphatic rings. The number of halogens is 6. The quantitative estimate of drug-likeness (QED) is 0.0904. The molecule has 0 fully saturated rings. The zero-order valence-corrected chi connectivity index (χ0v) is 78.9. The minimum absolute atomic E-state index is 0.378. The fraction of sp³-hybridized carbons (Fsp3) is 0.129. The van der Waals surface area contributed by atoms with E-state index in [4.69, 9.17) is 16.5 Å². The molecule has 0 radical (unpaired) electrons. The summed E-state index contributed by atoms with van der Waals surface area (Å²) in [6.07, 6.45) is -1.58. The van der Waals surface area contributed by atoms with E-state index in [0.717, 1.165) is 123 Å². The highest BCUT2D eigenvalue weighted by Gasteiger charge is 2.35. The molecule has 138 heavy (non-hydrogen) atoms. The Labute approximate surface area is 796 Å². The van der Waals surface area contributed by atoms with Crippen LogP contribution in [-0.2, 0) is 12.4 Å². The maximum atomic E-state index is 14.1. The van der Waals surface area contributed by atoms with Crippen molar-refractivity contribution < 1.29 is 26.3 Å². The number of fused-ring (bicyclic) bond motifs is 12. The summed E-state index contributed by atoms with van der Waals surface area (Å²) < 4.78 is 93.3. The molecule has 22 rings (SSSR count). The second-order valence-corrected chi connectivity index (χ2v) is 37.4. The van der Waals surface area contributed by atoms with E-state index in [1.807, 2.05) is 131 Å². The van der Waals surface area contributed by atoms with Gasteiger partial charge in [0.15, 0.2) is 5.69 Å². The lowest BCUT2D eigenvalue weighted by Crippen LogP contribution is -2.06. The van der Waals surface area contributed by atoms with Crippen molar-refractivity contribution in [2.24, 2.45) is 0 Å². The Morgan fingerprint density at radius 1 is 0.254 bits per heavy atom. The third kappa shape index (κ3) is 15.1. The van der Waals surface area contributed by atoms with Gasteiger partial charge in [0, 0.05) is 59.8 Å². The lowest BCUT2D eigenvalue weighted by molar-refractivity contribution is -0.138. The van der Waals surface area contributed by atoms with E-state index < -0.39 is 23.5 Å². The molecule has 0 saturated heterocycles. The molecule has 14 heteroatoms. The van der Waals surface area contributed by atoms with Gasteiger partial charge in [-0.25, -0.2) is 4.85 Å². The lowest BCUT2D eigenvalue weighted by atomic mass is 9.91. The number of aryl methyl sites for hydroxylation is 14. The van der Waals surface area contributed by atoms with E-state index in [9.17, 15) is 31.6 Å². The first kappa shape index (κ1) is 88.2. The van der Waals surface area contributed by atoms with Gasteiger partial charge < -0.3 is 18.3 Å². The highest BCUT2D eigenvalue weighted by molar-refractivity contribution is 6.17. The number of benzene rings is 16. The Kier molecular flexibility index (Phi) is 21.7. The van der Waals surface area contributed by atoms with Crippen LogP contribution < -0.4 is 0 Å². The molecule has 0 spiro atoms. The van der Waals surface area contributed by atoms with Crippen LogP contribution in [0.25, 0.3) is 204 Å². The largest absolute Gasteiger partial charge is 0.416 e. The second-order valence-electron chi connectivity index (χ2n) is 37.4. The first-order chi connectivity index (χ1) is 66.4. The molecule has 8 nitrogen and oxygen atoms in total. The average molecular weight is 1810 g/mol. The Hall–Kier alpha value is -16.4. The van der Waals surface area contributed by atoms with Gasteiger partial charge in [0.05, 0.1) is 121 Å². The SMILES string of the molecule is Cc1cc(C)c(-c2ccc3c(c2)c2cc(-c4c(C)cc(C)cc4C)ccc2n3-c2cncc(-n3c4ccc(-c5c(C)cc(C)cc5C)cc4c4cc(-c5c(C)cc(C)cc5C)ccc43)c2-c2ccccc2C#N)c(C)c1.[C-]#[N+]c1ccccc1-c1c(-n2c3ccccc3c3ccc(-c4cc(C)cc(C(F)(F)F)c4)cc32)cncc1-n1c2ccccc2c2ccc(-c3cc(C)cc(C(F)(F)F)c3)cc21. The Morgan fingerprint density at radius 3 is 0.862 bits per heavy atom. The van der Waals surface area contributed by atoms with E-state index in [1.54, 1.807) is 50.5 Å². The molecule has 6 heterocycles. The normalized spacial score (nSPS) is 11.9. The van der Waals surface area contributed by atoms with Gasteiger partial charge in [0.25, 0.3) is 0 Å². The van der Waals surface area contributed by atoms with Crippen LogP contribution in [0, 0.1) is 115 Å². The zero-order chi connectivity index (χ0) is 96.1. The first-order valence-electron chi connectivity index (χ1n) is 46.2. The molecule has 22 aromatic rings. The van der Waals surface area contributed by atoms with Gasteiger partial charge >= 0.3 is 12.4 Å². The molecule has 0 bridgehead atoms. The minimum atomic E-state index is -4.53. The number of nitrogens with zero attached hydrogens (tertiary/aromatic N) is 8. The van der Waals surface area contributed by atoms with Crippen LogP contribution >= 0.6 is 0 Å². The number of aromatic nitrogens is 6. The molecule has 0 saturated carbocycles. The maximum Gasteiger partial charge on any atom is 0.416 e. The van der Waals surface area contributed by atoms with Crippen molar-refractivity contribution in [1.82, 2.24) is 28.2 Å². The fourth-order valence-corrected chi connectivity index (χ4v) is 22.5. The third-order valence-corrected chi connectivity index (χ3v) is 27.6. The first-order valence-corrected chi connectivity index (χ1v) is 46.2. The predicted octanol–water partition coefficient (Wildman–Crippen LogP) is 34.7. The highest BCUT2D eigenvalue weighted by atomic mass is 19.4. The summed E-state index contributed by atoms with van der Waals surface area (Å²) >= 11 is 0. The molecular weight excluding hydrogens is 1720 g/mol. The summed E-state index contributed by atoms with van der Waals surface area (Å²) in [6, 6.07) is 99.2. The van der Waals surface area contributed by atoms with Crippen molar-refractivity contribution in [2.45, 2.75) is 109 Å². The van der Waals surface area contributed by atoms with E-state index in [2.05, 4.69) is 237 Å². The molecule has 0 unspecified atom stereocenters. The van der Waals surface area contributed by atoms with E-state index >= 15 is 0 Å². The second kappa shape index (κ2) is 33.9. The average Bonchev–Trinajstić information content (AvgIpc) is 1.56. The van der Waals surface area contributed by atoms with Crippen molar-refractivity contribution in [1.29, 1.82) is 5.26 Å². The van der Waals surface area contributed by atoms with Crippen molar-refractivity contribution in [3.8, 4) is 118 Å². The molecule has 6 aromatic heterocycles. The van der Waals surface area contributed by atoms with Crippen LogP contribution in [0.3, 0.4) is 0 Å². The lowest BCUT2D eigenvalue weighted by Gasteiger charge is -2.20. The van der Waals surface area contributed by atoms with Crippen molar-refractivity contribution >= 4 is 92.9 Å². The topological polar surface area (TPSA) is 73.7 Å². The Balaban J connectivity index is 0.000000168. The van der Waals surface area contributed by atoms with Crippen LogP contribution in [0.15, 0.2) is 316 Å². The summed E-state index contributed by atoms with van der Waals surface area (Å²) in [5, 5.41) is 19.2. The van der Waals surface area contributed by atoms with E-state index in [0.29, 0.717) is 78.2 Å². The van der Waals surface area contributed by atoms with Gasteiger partial charge in [0.1, 0.15) is 0 Å². The van der Waals surface area contributed by atoms with Gasteiger partial charge in [0.2, 0.25) is 0 Å². The van der Waals surface area contributed by atoms with Crippen molar-refractivity contribution in [2.75, 3.05) is 0 Å². The summed E-state index contributed by atoms with van der Waals surface area (Å²) in [5.41, 5.74) is 40.8. The van der Waals surface area contributed by atoms with Crippen LogP contribution in [0.2, 0.25) is 0 Å². The van der Waals surface area contributed by atoms with Gasteiger partial charge in [-0.3, -0.25) is 9.97 Å². The molecule has 16 aromatic carbocycles. The van der Waals surface area contributed by atoms with Crippen molar-refractivity contribution in [3.63, 3.8) is 0 Å². The number of pyridine rings is 2. The fourth-order valence-electron chi connectivity index (χ4n) is 22.5. The van der Waals surface area contributed by atoms with Gasteiger partial charge in [-0.05, 0) is 328 Å². The van der Waals surface area contributed by atoms with Gasteiger partial charge in [-0.2, -0.15) is 31.6 Å². The number of nitriles is 1. The van der Waals surface area contributed by atoms with E-state index in [-0.39, 0.29) is 0 Å². The summed E-state index contributed by atoms with van der Waals surface area (Å²) in [6.45, 7) is 38.1. The molecule has 0 atom stereocenters. The molecule has 0 aliphatic heterocycles. The van der Waals surface area contributed by atoms with Gasteiger partial charge in [-0.1, -0.05) is 210 Å². The van der Waals surface area contributed by atoms with Crippen LogP contribution in [0.5, 0.6) is 0 Å². The number of hydrogen-bond acceptors (Lipinski definition) is 3. The Bertz CT molecular complexity index is 8240. The van der Waals surface area contributed by atoms with E-state index in [1.165, 1.54) is 111 Å². The summed E-state index contributed by atoms with van der Waals surface area (Å²) in [5.74, 6) is 0. The molecule has 672 valence electrons. The van der Waals surface area contributed by atoms with Crippen molar-refractivity contribution in [3.05, 3.63) is 422 Å². The summed E-state index contributed by atoms with van der Waals surface area (Å²) in [4.78, 5) is 14.0. The number of hydrogen-bond donors (Lipinski definition) is 0. The molecular formula is C124H94F6N8. The predicted molar refractivity (Wildman–Crippen MR) is 557 cm³/mol. The molecule has 0 N–H and O–H groups in total. The smallest absolute Gasteiger partial charge is 0.307 e. The molecule has 0 aliphatic carbocycles. The monoisotopic (exact) mass is 1810 g/mol.